The zero-order valence-electron chi connectivity index (χ0n) is 16.4. The highest BCUT2D eigenvalue weighted by molar-refractivity contribution is 6.31. The van der Waals surface area contributed by atoms with Gasteiger partial charge in [0.1, 0.15) is 11.6 Å². The SMILES string of the molecule is NC(=O)c1ccc(-c2cc(Cl)ccc2-c2nc3ccc(OC(F)(F)F)cc3[nH]2)c(C(=O)O)c1. The number of nitrogens with two attached hydrogens (primary N) is 1. The highest BCUT2D eigenvalue weighted by Gasteiger charge is 2.31. The lowest BCUT2D eigenvalue weighted by Crippen LogP contribution is -2.16. The molecule has 0 radical (unpaired) electrons. The van der Waals surface area contributed by atoms with E-state index in [1.807, 2.05) is 0 Å². The largest absolute Gasteiger partial charge is 0.573 e. The molecule has 0 atom stereocenters. The summed E-state index contributed by atoms with van der Waals surface area (Å²) >= 11 is 6.15. The van der Waals surface area contributed by atoms with Gasteiger partial charge in [-0.2, -0.15) is 0 Å². The van der Waals surface area contributed by atoms with Crippen LogP contribution < -0.4 is 10.5 Å². The lowest BCUT2D eigenvalue weighted by Gasteiger charge is -2.12. The van der Waals surface area contributed by atoms with Crippen LogP contribution in [0.1, 0.15) is 20.7 Å². The van der Waals surface area contributed by atoms with E-state index in [1.54, 1.807) is 12.1 Å². The number of imidazole rings is 1. The number of H-pyrrole nitrogens is 1. The lowest BCUT2D eigenvalue weighted by atomic mass is 9.93. The smallest absolute Gasteiger partial charge is 0.478 e. The molecule has 0 aliphatic heterocycles. The average molecular weight is 476 g/mol. The number of aromatic carboxylic acids is 1. The predicted octanol–water partition coefficient (Wildman–Crippen LogP) is 5.25. The van der Waals surface area contributed by atoms with Crippen LogP contribution in [0, 0.1) is 0 Å². The van der Waals surface area contributed by atoms with E-state index in [9.17, 15) is 27.9 Å². The first-order valence-electron chi connectivity index (χ1n) is 9.25. The molecule has 7 nitrogen and oxygen atoms in total. The van der Waals surface area contributed by atoms with Crippen LogP contribution in [0.5, 0.6) is 5.75 Å². The highest BCUT2D eigenvalue weighted by Crippen LogP contribution is 2.36. The van der Waals surface area contributed by atoms with E-state index in [0.29, 0.717) is 21.7 Å². The summed E-state index contributed by atoms with van der Waals surface area (Å²) < 4.78 is 41.5. The third-order valence-electron chi connectivity index (χ3n) is 4.75. The van der Waals surface area contributed by atoms with Gasteiger partial charge >= 0.3 is 12.3 Å². The Kier molecular flexibility index (Phi) is 5.46. The Labute approximate surface area is 188 Å². The molecule has 0 aliphatic carbocycles. The summed E-state index contributed by atoms with van der Waals surface area (Å²) in [7, 11) is 0. The molecule has 0 bridgehead atoms. The first-order chi connectivity index (χ1) is 15.5. The van der Waals surface area contributed by atoms with Crippen LogP contribution in [0.2, 0.25) is 5.02 Å². The first-order valence-corrected chi connectivity index (χ1v) is 9.62. The van der Waals surface area contributed by atoms with Gasteiger partial charge in [-0.3, -0.25) is 4.79 Å². The van der Waals surface area contributed by atoms with Crippen molar-refractivity contribution < 1.29 is 32.6 Å². The first kappa shape index (κ1) is 22.2. The molecule has 4 rings (SSSR count). The second-order valence-corrected chi connectivity index (χ2v) is 7.37. The topological polar surface area (TPSA) is 118 Å². The molecule has 0 saturated heterocycles. The van der Waals surface area contributed by atoms with Crippen LogP contribution in [0.3, 0.4) is 0 Å². The number of rotatable bonds is 5. The van der Waals surface area contributed by atoms with Crippen molar-refractivity contribution in [2.24, 2.45) is 5.73 Å². The van der Waals surface area contributed by atoms with E-state index in [4.69, 9.17) is 17.3 Å². The number of nitrogens with zero attached hydrogens (tertiary/aromatic N) is 1. The number of aromatic nitrogens is 2. The van der Waals surface area contributed by atoms with E-state index < -0.39 is 24.0 Å². The van der Waals surface area contributed by atoms with Gasteiger partial charge in [0.2, 0.25) is 5.91 Å². The van der Waals surface area contributed by atoms with Gasteiger partial charge in [0, 0.05) is 22.2 Å². The fourth-order valence-electron chi connectivity index (χ4n) is 3.37. The van der Waals surface area contributed by atoms with Crippen molar-refractivity contribution in [3.8, 4) is 28.3 Å². The Morgan fingerprint density at radius 1 is 1.00 bits per heavy atom. The Morgan fingerprint density at radius 2 is 1.73 bits per heavy atom. The normalized spacial score (nSPS) is 11.5. The highest BCUT2D eigenvalue weighted by atomic mass is 35.5. The summed E-state index contributed by atoms with van der Waals surface area (Å²) in [4.78, 5) is 30.7. The van der Waals surface area contributed by atoms with Crippen LogP contribution in [-0.4, -0.2) is 33.3 Å². The number of alkyl halides is 3. The monoisotopic (exact) mass is 475 g/mol. The quantitative estimate of drug-likeness (QED) is 0.364. The van der Waals surface area contributed by atoms with Crippen LogP contribution in [0.25, 0.3) is 33.5 Å². The minimum atomic E-state index is -4.84. The molecule has 4 aromatic rings. The standard InChI is InChI=1S/C22H13ClF3N3O4/c23-11-2-5-14(15(8-11)13-4-1-10(19(27)30)7-16(13)21(31)32)20-28-17-6-3-12(9-18(17)29-20)33-22(24,25)26/h1-9H,(H2,27,30)(H,28,29)(H,31,32). The molecule has 1 aromatic heterocycles. The third-order valence-corrected chi connectivity index (χ3v) is 4.98. The van der Waals surface area contributed by atoms with Crippen molar-refractivity contribution in [3.05, 3.63) is 70.7 Å². The maximum absolute atomic E-state index is 12.5. The molecular formula is C22H13ClF3N3O4. The molecule has 0 unspecified atom stereocenters. The summed E-state index contributed by atoms with van der Waals surface area (Å²) in [5.41, 5.74) is 6.78. The fourth-order valence-corrected chi connectivity index (χ4v) is 3.54. The molecular weight excluding hydrogens is 463 g/mol. The van der Waals surface area contributed by atoms with Crippen molar-refractivity contribution in [2.45, 2.75) is 6.36 Å². The number of aromatic amines is 1. The molecule has 0 fully saturated rings. The number of amides is 1. The van der Waals surface area contributed by atoms with Gasteiger partial charge in [-0.05, 0) is 53.6 Å². The van der Waals surface area contributed by atoms with Crippen molar-refractivity contribution in [3.63, 3.8) is 0 Å². The van der Waals surface area contributed by atoms with Crippen molar-refractivity contribution >= 4 is 34.5 Å². The molecule has 3 aromatic carbocycles. The Balaban J connectivity index is 1.87. The number of hydrogen-bond acceptors (Lipinski definition) is 4. The second kappa shape index (κ2) is 8.14. The van der Waals surface area contributed by atoms with Crippen LogP contribution in [-0.2, 0) is 0 Å². The summed E-state index contributed by atoms with van der Waals surface area (Å²) in [5, 5.41) is 9.99. The number of carbonyl (C=O) groups excluding carboxylic acids is 1. The number of ether oxygens (including phenoxy) is 1. The molecule has 0 spiro atoms. The average Bonchev–Trinajstić information content (AvgIpc) is 3.15. The molecule has 11 heteroatoms. The van der Waals surface area contributed by atoms with Gasteiger partial charge in [0.05, 0.1) is 16.6 Å². The van der Waals surface area contributed by atoms with Crippen molar-refractivity contribution in [1.82, 2.24) is 9.97 Å². The molecule has 4 N–H and O–H groups in total. The van der Waals surface area contributed by atoms with E-state index in [2.05, 4.69) is 14.7 Å². The van der Waals surface area contributed by atoms with Gasteiger partial charge < -0.3 is 20.6 Å². The Morgan fingerprint density at radius 3 is 2.39 bits per heavy atom. The number of primary amides is 1. The second-order valence-electron chi connectivity index (χ2n) is 6.93. The third kappa shape index (κ3) is 4.60. The molecule has 1 heterocycles. The number of fused-ring (bicyclic) bond motifs is 1. The summed E-state index contributed by atoms with van der Waals surface area (Å²) in [5.74, 6) is -2.24. The number of halogens is 4. The van der Waals surface area contributed by atoms with Crippen LogP contribution in [0.4, 0.5) is 13.2 Å². The number of hydrogen-bond donors (Lipinski definition) is 3. The number of carboxylic acids is 1. The maximum Gasteiger partial charge on any atom is 0.573 e. The molecule has 1 amide bonds. The van der Waals surface area contributed by atoms with E-state index >= 15 is 0 Å². The number of carbonyl (C=O) groups is 2. The molecule has 168 valence electrons. The number of carboxylic acid groups (broad SMARTS) is 1. The molecule has 33 heavy (non-hydrogen) atoms. The minimum Gasteiger partial charge on any atom is -0.478 e. The number of nitrogens with one attached hydrogen (secondary N) is 1. The molecule has 0 saturated carbocycles. The zero-order chi connectivity index (χ0) is 23.9. The fraction of sp³-hybridized carbons (Fsp3) is 0.0455. The van der Waals surface area contributed by atoms with Crippen LogP contribution >= 0.6 is 11.6 Å². The van der Waals surface area contributed by atoms with Crippen molar-refractivity contribution in [1.29, 1.82) is 0 Å². The lowest BCUT2D eigenvalue weighted by molar-refractivity contribution is -0.274. The maximum atomic E-state index is 12.5. The molecule has 0 aliphatic rings. The summed E-state index contributed by atoms with van der Waals surface area (Å²) in [6, 6.07) is 12.3. The summed E-state index contributed by atoms with van der Waals surface area (Å²) in [6.07, 6.45) is -4.84. The van der Waals surface area contributed by atoms with Gasteiger partial charge in [0.15, 0.2) is 0 Å². The van der Waals surface area contributed by atoms with E-state index in [-0.39, 0.29) is 28.0 Å². The predicted molar refractivity (Wildman–Crippen MR) is 114 cm³/mol. The van der Waals surface area contributed by atoms with Gasteiger partial charge in [-0.25, -0.2) is 9.78 Å². The minimum absolute atomic E-state index is 0.0145. The summed E-state index contributed by atoms with van der Waals surface area (Å²) in [6.45, 7) is 0. The van der Waals surface area contributed by atoms with Gasteiger partial charge in [0.25, 0.3) is 0 Å². The number of benzene rings is 3. The van der Waals surface area contributed by atoms with E-state index in [1.165, 1.54) is 24.3 Å². The zero-order valence-corrected chi connectivity index (χ0v) is 17.2. The van der Waals surface area contributed by atoms with Gasteiger partial charge in [-0.15, -0.1) is 13.2 Å². The van der Waals surface area contributed by atoms with Crippen molar-refractivity contribution in [2.75, 3.05) is 0 Å². The Bertz CT molecular complexity index is 1420. The van der Waals surface area contributed by atoms with E-state index in [0.717, 1.165) is 18.2 Å². The van der Waals surface area contributed by atoms with Gasteiger partial charge in [-0.1, -0.05) is 17.7 Å². The van der Waals surface area contributed by atoms with Crippen LogP contribution in [0.15, 0.2) is 54.6 Å². The Hall–Kier alpha value is -4.05.